The largest absolute Gasteiger partial charge is 0.160 e. The molecule has 0 heterocycles. The lowest BCUT2D eigenvalue weighted by Crippen LogP contribution is -1.94. The SMILES string of the molecule is CSC(S)C(C)=CC(C)C. The Hall–Kier alpha value is 0.440. The predicted octanol–water partition coefficient (Wildman–Crippen LogP) is 3.21. The summed E-state index contributed by atoms with van der Waals surface area (Å²) in [7, 11) is 0. The topological polar surface area (TPSA) is 0 Å². The first-order chi connectivity index (χ1) is 4.57. The molecule has 0 radical (unpaired) electrons. The van der Waals surface area contributed by atoms with Gasteiger partial charge in [0.2, 0.25) is 0 Å². The van der Waals surface area contributed by atoms with Crippen LogP contribution in [0, 0.1) is 5.92 Å². The van der Waals surface area contributed by atoms with Crippen LogP contribution in [-0.2, 0) is 0 Å². The number of allylic oxidation sites excluding steroid dienone is 1. The van der Waals surface area contributed by atoms with Crippen molar-refractivity contribution in [3.63, 3.8) is 0 Å². The van der Waals surface area contributed by atoms with E-state index in [0.717, 1.165) is 0 Å². The highest BCUT2D eigenvalue weighted by Gasteiger charge is 2.01. The maximum absolute atomic E-state index is 4.39. The van der Waals surface area contributed by atoms with Gasteiger partial charge in [-0.3, -0.25) is 0 Å². The van der Waals surface area contributed by atoms with Crippen LogP contribution in [0.1, 0.15) is 20.8 Å². The fourth-order valence-electron chi connectivity index (χ4n) is 0.794. The van der Waals surface area contributed by atoms with Crippen molar-refractivity contribution < 1.29 is 0 Å². The van der Waals surface area contributed by atoms with Gasteiger partial charge in [0.05, 0.1) is 4.58 Å². The first kappa shape index (κ1) is 10.4. The highest BCUT2D eigenvalue weighted by molar-refractivity contribution is 8.10. The summed E-state index contributed by atoms with van der Waals surface area (Å²) in [4.78, 5) is 0. The van der Waals surface area contributed by atoms with E-state index in [0.29, 0.717) is 10.5 Å². The van der Waals surface area contributed by atoms with Crippen molar-refractivity contribution in [2.45, 2.75) is 25.4 Å². The van der Waals surface area contributed by atoms with Crippen LogP contribution < -0.4 is 0 Å². The van der Waals surface area contributed by atoms with Gasteiger partial charge < -0.3 is 0 Å². The molecule has 0 saturated heterocycles. The molecule has 1 unspecified atom stereocenters. The van der Waals surface area contributed by atoms with Crippen molar-refractivity contribution in [1.29, 1.82) is 0 Å². The summed E-state index contributed by atoms with van der Waals surface area (Å²) in [6, 6.07) is 0. The van der Waals surface area contributed by atoms with E-state index in [1.807, 2.05) is 0 Å². The molecule has 0 amide bonds. The second-order valence-corrected chi connectivity index (χ2v) is 4.55. The van der Waals surface area contributed by atoms with Crippen LogP contribution in [0.3, 0.4) is 0 Å². The highest BCUT2D eigenvalue weighted by Crippen LogP contribution is 2.20. The Morgan fingerprint density at radius 1 is 1.50 bits per heavy atom. The quantitative estimate of drug-likeness (QED) is 0.391. The molecule has 60 valence electrons. The van der Waals surface area contributed by atoms with E-state index in [-0.39, 0.29) is 0 Å². The Bertz CT molecular complexity index is 116. The minimum absolute atomic E-state index is 0.377. The standard InChI is InChI=1S/C8H16S2/c1-6(2)5-7(3)8(9)10-4/h5-6,8-9H,1-4H3. The Labute approximate surface area is 73.9 Å². The minimum atomic E-state index is 0.377. The number of thioether (sulfide) groups is 1. The van der Waals surface area contributed by atoms with Gasteiger partial charge in [0, 0.05) is 0 Å². The Morgan fingerprint density at radius 3 is 2.30 bits per heavy atom. The van der Waals surface area contributed by atoms with Gasteiger partial charge in [-0.2, -0.15) is 12.6 Å². The summed E-state index contributed by atoms with van der Waals surface area (Å²) >= 11 is 6.16. The van der Waals surface area contributed by atoms with E-state index in [2.05, 4.69) is 45.7 Å². The number of rotatable bonds is 3. The molecule has 0 rings (SSSR count). The maximum Gasteiger partial charge on any atom is 0.0676 e. The summed E-state index contributed by atoms with van der Waals surface area (Å²) in [6.45, 7) is 6.50. The van der Waals surface area contributed by atoms with Gasteiger partial charge >= 0.3 is 0 Å². The molecular weight excluding hydrogens is 160 g/mol. The molecule has 0 aliphatic rings. The molecular formula is C8H16S2. The van der Waals surface area contributed by atoms with E-state index in [1.165, 1.54) is 5.57 Å². The van der Waals surface area contributed by atoms with Gasteiger partial charge in [-0.25, -0.2) is 0 Å². The van der Waals surface area contributed by atoms with Crippen molar-refractivity contribution in [3.05, 3.63) is 11.6 Å². The molecule has 0 fully saturated rings. The van der Waals surface area contributed by atoms with Crippen LogP contribution in [0.25, 0.3) is 0 Å². The predicted molar refractivity (Wildman–Crippen MR) is 54.9 cm³/mol. The first-order valence-electron chi connectivity index (χ1n) is 3.47. The van der Waals surface area contributed by atoms with Crippen molar-refractivity contribution in [3.8, 4) is 0 Å². The molecule has 0 aliphatic carbocycles. The van der Waals surface area contributed by atoms with E-state index >= 15 is 0 Å². The zero-order chi connectivity index (χ0) is 8.15. The number of hydrogen-bond acceptors (Lipinski definition) is 2. The third-order valence-corrected chi connectivity index (χ3v) is 3.07. The van der Waals surface area contributed by atoms with Crippen LogP contribution in [-0.4, -0.2) is 10.8 Å². The van der Waals surface area contributed by atoms with Gasteiger partial charge in [-0.15, -0.1) is 11.8 Å². The van der Waals surface area contributed by atoms with Crippen molar-refractivity contribution in [1.82, 2.24) is 0 Å². The first-order valence-corrected chi connectivity index (χ1v) is 5.27. The minimum Gasteiger partial charge on any atom is -0.160 e. The van der Waals surface area contributed by atoms with Crippen LogP contribution in [0.4, 0.5) is 0 Å². The second-order valence-electron chi connectivity index (χ2n) is 2.74. The highest BCUT2D eigenvalue weighted by atomic mass is 32.2. The fraction of sp³-hybridized carbons (Fsp3) is 0.750. The van der Waals surface area contributed by atoms with E-state index < -0.39 is 0 Å². The van der Waals surface area contributed by atoms with Crippen LogP contribution >= 0.6 is 24.4 Å². The third-order valence-electron chi connectivity index (χ3n) is 1.21. The number of hydrogen-bond donors (Lipinski definition) is 1. The summed E-state index contributed by atoms with van der Waals surface area (Å²) < 4.78 is 0.377. The summed E-state index contributed by atoms with van der Waals surface area (Å²) in [5.41, 5.74) is 1.37. The number of thiol groups is 1. The summed E-state index contributed by atoms with van der Waals surface area (Å²) in [6.07, 6.45) is 4.34. The lowest BCUT2D eigenvalue weighted by atomic mass is 10.1. The van der Waals surface area contributed by atoms with E-state index in [9.17, 15) is 0 Å². The molecule has 10 heavy (non-hydrogen) atoms. The van der Waals surface area contributed by atoms with Gasteiger partial charge in [-0.05, 0) is 19.1 Å². The average molecular weight is 176 g/mol. The monoisotopic (exact) mass is 176 g/mol. The van der Waals surface area contributed by atoms with Crippen molar-refractivity contribution >= 4 is 24.4 Å². The van der Waals surface area contributed by atoms with Crippen LogP contribution in [0.5, 0.6) is 0 Å². The molecule has 0 aromatic heterocycles. The smallest absolute Gasteiger partial charge is 0.0676 e. The van der Waals surface area contributed by atoms with Gasteiger partial charge in [0.1, 0.15) is 0 Å². The molecule has 0 N–H and O–H groups in total. The third kappa shape index (κ3) is 4.29. The zero-order valence-electron chi connectivity index (χ0n) is 7.09. The Kier molecular flexibility index (Phi) is 5.36. The molecule has 0 nitrogen and oxygen atoms in total. The van der Waals surface area contributed by atoms with Gasteiger partial charge in [0.15, 0.2) is 0 Å². The second kappa shape index (κ2) is 5.14. The van der Waals surface area contributed by atoms with E-state index in [4.69, 9.17) is 0 Å². The molecule has 0 aromatic carbocycles. The molecule has 2 heteroatoms. The molecule has 0 aliphatic heterocycles. The van der Waals surface area contributed by atoms with E-state index in [1.54, 1.807) is 11.8 Å². The maximum atomic E-state index is 4.39. The summed E-state index contributed by atoms with van der Waals surface area (Å²) in [5, 5.41) is 0. The molecule has 0 bridgehead atoms. The van der Waals surface area contributed by atoms with Crippen LogP contribution in [0.2, 0.25) is 0 Å². The molecule has 1 atom stereocenters. The zero-order valence-corrected chi connectivity index (χ0v) is 8.80. The Balaban J connectivity index is 3.91. The average Bonchev–Trinajstić information content (AvgIpc) is 1.85. The lowest BCUT2D eigenvalue weighted by molar-refractivity contribution is 0.821. The van der Waals surface area contributed by atoms with Crippen molar-refractivity contribution in [2.24, 2.45) is 5.92 Å². The molecule has 0 saturated carbocycles. The van der Waals surface area contributed by atoms with Gasteiger partial charge in [0.25, 0.3) is 0 Å². The van der Waals surface area contributed by atoms with Crippen molar-refractivity contribution in [2.75, 3.05) is 6.26 Å². The Morgan fingerprint density at radius 2 is 2.00 bits per heavy atom. The fourth-order valence-corrected chi connectivity index (χ4v) is 1.33. The lowest BCUT2D eigenvalue weighted by Gasteiger charge is -2.08. The molecule has 0 aromatic rings. The summed E-state index contributed by atoms with van der Waals surface area (Å²) in [5.74, 6) is 0.641. The normalized spacial score (nSPS) is 16.0. The molecule has 0 spiro atoms. The van der Waals surface area contributed by atoms with Gasteiger partial charge in [-0.1, -0.05) is 25.5 Å². The van der Waals surface area contributed by atoms with Crippen LogP contribution in [0.15, 0.2) is 11.6 Å².